The minimum atomic E-state index is -4.14. The third kappa shape index (κ3) is 2.25. The highest BCUT2D eigenvalue weighted by molar-refractivity contribution is 7.85. The van der Waals surface area contributed by atoms with Gasteiger partial charge in [-0.25, -0.2) is 0 Å². The van der Waals surface area contributed by atoms with Crippen LogP contribution >= 0.6 is 0 Å². The smallest absolute Gasteiger partial charge is 0.294 e. The quantitative estimate of drug-likeness (QED) is 0.705. The van der Waals surface area contributed by atoms with E-state index in [0.29, 0.717) is 0 Å². The number of fused-ring (bicyclic) bond motifs is 1. The number of hydrogen-bond acceptors (Lipinski definition) is 2. The summed E-state index contributed by atoms with van der Waals surface area (Å²) in [5.74, 6) is 0. The number of para-hydroxylation sites is 1. The average molecular weight is 273 g/mol. The van der Waals surface area contributed by atoms with Gasteiger partial charge in [0.05, 0.1) is 4.90 Å². The number of aromatic amines is 1. The monoisotopic (exact) mass is 273 g/mol. The molecular weight excluding hydrogens is 262 g/mol. The van der Waals surface area contributed by atoms with Gasteiger partial charge in [0.2, 0.25) is 0 Å². The number of aromatic nitrogens is 1. The number of hydrogen-bond donors (Lipinski definition) is 2. The van der Waals surface area contributed by atoms with Gasteiger partial charge in [-0.15, -0.1) is 0 Å². The molecule has 96 valence electrons. The van der Waals surface area contributed by atoms with Crippen molar-refractivity contribution in [3.8, 4) is 11.3 Å². The zero-order valence-corrected chi connectivity index (χ0v) is 10.7. The highest BCUT2D eigenvalue weighted by Crippen LogP contribution is 2.24. The van der Waals surface area contributed by atoms with Crippen molar-refractivity contribution in [2.24, 2.45) is 0 Å². The fourth-order valence-electron chi connectivity index (χ4n) is 2.04. The van der Waals surface area contributed by atoms with Gasteiger partial charge in [-0.2, -0.15) is 8.42 Å². The summed E-state index contributed by atoms with van der Waals surface area (Å²) < 4.78 is 30.9. The molecule has 0 fully saturated rings. The molecule has 0 amide bonds. The molecule has 0 bridgehead atoms. The van der Waals surface area contributed by atoms with Crippen molar-refractivity contribution in [2.45, 2.75) is 4.90 Å². The zero-order chi connectivity index (χ0) is 13.5. The first kappa shape index (κ1) is 12.0. The minimum Gasteiger partial charge on any atom is -0.355 e. The first-order chi connectivity index (χ1) is 9.04. The van der Waals surface area contributed by atoms with E-state index in [1.807, 2.05) is 30.3 Å². The van der Waals surface area contributed by atoms with Crippen LogP contribution in [0.4, 0.5) is 0 Å². The van der Waals surface area contributed by atoms with Crippen LogP contribution in [0.3, 0.4) is 0 Å². The molecule has 1 aromatic heterocycles. The van der Waals surface area contributed by atoms with Gasteiger partial charge in [0.1, 0.15) is 0 Å². The molecule has 0 aliphatic heterocycles. The normalized spacial score (nSPS) is 11.8. The molecule has 0 saturated heterocycles. The van der Waals surface area contributed by atoms with Crippen molar-refractivity contribution >= 4 is 21.0 Å². The molecule has 2 aromatic carbocycles. The summed E-state index contributed by atoms with van der Waals surface area (Å²) in [4.78, 5) is 3.15. The van der Waals surface area contributed by atoms with Crippen molar-refractivity contribution in [1.82, 2.24) is 4.98 Å². The fraction of sp³-hybridized carbons (Fsp3) is 0. The Hall–Kier alpha value is -2.11. The van der Waals surface area contributed by atoms with Crippen LogP contribution in [0.15, 0.2) is 59.5 Å². The molecule has 0 aliphatic carbocycles. The van der Waals surface area contributed by atoms with Gasteiger partial charge in [0.25, 0.3) is 10.1 Å². The largest absolute Gasteiger partial charge is 0.355 e. The van der Waals surface area contributed by atoms with Gasteiger partial charge in [0, 0.05) is 16.6 Å². The molecule has 0 saturated carbocycles. The lowest BCUT2D eigenvalue weighted by atomic mass is 10.1. The third-order valence-electron chi connectivity index (χ3n) is 2.99. The number of benzene rings is 2. The predicted octanol–water partition coefficient (Wildman–Crippen LogP) is 3.08. The van der Waals surface area contributed by atoms with Crippen LogP contribution in [0, 0.1) is 0 Å². The summed E-state index contributed by atoms with van der Waals surface area (Å²) >= 11 is 0. The Bertz CT molecular complexity index is 800. The molecule has 3 rings (SSSR count). The summed E-state index contributed by atoms with van der Waals surface area (Å²) in [6.45, 7) is 0. The van der Waals surface area contributed by atoms with Gasteiger partial charge in [-0.3, -0.25) is 4.55 Å². The molecule has 0 aliphatic rings. The molecule has 3 aromatic rings. The van der Waals surface area contributed by atoms with Gasteiger partial charge in [0.15, 0.2) is 0 Å². The van der Waals surface area contributed by atoms with E-state index in [2.05, 4.69) is 4.98 Å². The highest BCUT2D eigenvalue weighted by atomic mass is 32.2. The summed E-state index contributed by atoms with van der Waals surface area (Å²) in [6.07, 6.45) is 0. The van der Waals surface area contributed by atoms with Crippen molar-refractivity contribution in [2.75, 3.05) is 0 Å². The number of H-pyrrole nitrogens is 1. The predicted molar refractivity (Wildman–Crippen MR) is 73.5 cm³/mol. The lowest BCUT2D eigenvalue weighted by Crippen LogP contribution is -1.97. The second-order valence-electron chi connectivity index (χ2n) is 4.27. The topological polar surface area (TPSA) is 70.2 Å². The van der Waals surface area contributed by atoms with Crippen molar-refractivity contribution < 1.29 is 13.0 Å². The van der Waals surface area contributed by atoms with E-state index < -0.39 is 10.1 Å². The molecule has 19 heavy (non-hydrogen) atoms. The Morgan fingerprint density at radius 3 is 2.26 bits per heavy atom. The molecule has 0 spiro atoms. The summed E-state index contributed by atoms with van der Waals surface area (Å²) in [5, 5.41) is 1.09. The van der Waals surface area contributed by atoms with Gasteiger partial charge >= 0.3 is 0 Å². The SMILES string of the molecule is O=S(=O)(O)c1ccc(-c2cc3ccccc3[nH]2)cc1. The van der Waals surface area contributed by atoms with E-state index in [1.54, 1.807) is 12.1 Å². The average Bonchev–Trinajstić information content (AvgIpc) is 2.81. The Kier molecular flexibility index (Phi) is 2.66. The van der Waals surface area contributed by atoms with Crippen LogP contribution < -0.4 is 0 Å². The van der Waals surface area contributed by atoms with Crippen molar-refractivity contribution in [3.63, 3.8) is 0 Å². The Balaban J connectivity index is 2.07. The highest BCUT2D eigenvalue weighted by Gasteiger charge is 2.09. The molecule has 5 heteroatoms. The maximum absolute atomic E-state index is 11.0. The molecular formula is C14H11NO3S. The first-order valence-electron chi connectivity index (χ1n) is 5.70. The van der Waals surface area contributed by atoms with E-state index in [0.717, 1.165) is 22.2 Å². The van der Waals surface area contributed by atoms with Crippen LogP contribution in [-0.2, 0) is 10.1 Å². The molecule has 4 nitrogen and oxygen atoms in total. The minimum absolute atomic E-state index is 0.104. The van der Waals surface area contributed by atoms with E-state index in [9.17, 15) is 8.42 Å². The number of nitrogens with one attached hydrogen (secondary N) is 1. The lowest BCUT2D eigenvalue weighted by molar-refractivity contribution is 0.483. The van der Waals surface area contributed by atoms with Crippen molar-refractivity contribution in [1.29, 1.82) is 0 Å². The van der Waals surface area contributed by atoms with E-state index >= 15 is 0 Å². The standard InChI is InChI=1S/C14H11NO3S/c16-19(17,18)12-7-5-10(6-8-12)14-9-11-3-1-2-4-13(11)15-14/h1-9,15H,(H,16,17,18). The van der Waals surface area contributed by atoms with Gasteiger partial charge in [-0.05, 0) is 29.8 Å². The number of rotatable bonds is 2. The molecule has 0 unspecified atom stereocenters. The third-order valence-corrected chi connectivity index (χ3v) is 3.86. The summed E-state index contributed by atoms with van der Waals surface area (Å²) in [7, 11) is -4.14. The fourth-order valence-corrected chi connectivity index (χ4v) is 2.52. The second kappa shape index (κ2) is 4.22. The lowest BCUT2D eigenvalue weighted by Gasteiger charge is -2.00. The Labute approximate surface area is 110 Å². The van der Waals surface area contributed by atoms with Crippen LogP contribution in [0.2, 0.25) is 0 Å². The Morgan fingerprint density at radius 2 is 1.63 bits per heavy atom. The second-order valence-corrected chi connectivity index (χ2v) is 5.69. The van der Waals surface area contributed by atoms with Crippen LogP contribution in [0.1, 0.15) is 0 Å². The van der Waals surface area contributed by atoms with Crippen LogP contribution in [-0.4, -0.2) is 18.0 Å². The maximum Gasteiger partial charge on any atom is 0.294 e. The van der Waals surface area contributed by atoms with Crippen LogP contribution in [0.5, 0.6) is 0 Å². The molecule has 0 radical (unpaired) electrons. The van der Waals surface area contributed by atoms with Crippen LogP contribution in [0.25, 0.3) is 22.2 Å². The molecule has 1 heterocycles. The van der Waals surface area contributed by atoms with E-state index in [-0.39, 0.29) is 4.90 Å². The molecule has 0 atom stereocenters. The van der Waals surface area contributed by atoms with Crippen molar-refractivity contribution in [3.05, 3.63) is 54.6 Å². The zero-order valence-electron chi connectivity index (χ0n) is 9.87. The molecule has 2 N–H and O–H groups in total. The summed E-state index contributed by atoms with van der Waals surface area (Å²) in [6, 6.07) is 16.0. The maximum atomic E-state index is 11.0. The first-order valence-corrected chi connectivity index (χ1v) is 7.14. The van der Waals surface area contributed by atoms with Gasteiger partial charge in [-0.1, -0.05) is 30.3 Å². The van der Waals surface area contributed by atoms with E-state index in [4.69, 9.17) is 4.55 Å². The Morgan fingerprint density at radius 1 is 0.947 bits per heavy atom. The summed E-state index contributed by atoms with van der Waals surface area (Å²) in [5.41, 5.74) is 2.79. The van der Waals surface area contributed by atoms with Gasteiger partial charge < -0.3 is 4.98 Å². The van der Waals surface area contributed by atoms with E-state index in [1.165, 1.54) is 12.1 Å².